The molecule has 2 aromatic rings. The summed E-state index contributed by atoms with van der Waals surface area (Å²) in [6.07, 6.45) is -4.81. The normalized spacial score (nSPS) is 11.0. The van der Waals surface area contributed by atoms with Crippen LogP contribution in [0.15, 0.2) is 22.7 Å². The summed E-state index contributed by atoms with van der Waals surface area (Å²) >= 11 is 4.08. The van der Waals surface area contributed by atoms with Crippen molar-refractivity contribution >= 4 is 38.2 Å². The van der Waals surface area contributed by atoms with Crippen LogP contribution in [0.5, 0.6) is 5.75 Å². The van der Waals surface area contributed by atoms with Gasteiger partial charge in [-0.15, -0.1) is 13.2 Å². The molecule has 0 fully saturated rings. The van der Waals surface area contributed by atoms with E-state index in [1.54, 1.807) is 13.0 Å². The molecule has 21 heavy (non-hydrogen) atoms. The number of aryl methyl sites for hydroxylation is 1. The molecule has 110 valence electrons. The number of halogens is 4. The molecule has 9 heteroatoms. The van der Waals surface area contributed by atoms with Crippen LogP contribution in [0, 0.1) is 18.3 Å². The molecule has 0 amide bonds. The van der Waals surface area contributed by atoms with Gasteiger partial charge in [0.15, 0.2) is 5.75 Å². The van der Waals surface area contributed by atoms with E-state index >= 15 is 0 Å². The van der Waals surface area contributed by atoms with E-state index in [0.717, 1.165) is 11.5 Å². The van der Waals surface area contributed by atoms with Gasteiger partial charge in [0, 0.05) is 4.47 Å². The van der Waals surface area contributed by atoms with Gasteiger partial charge in [-0.2, -0.15) is 9.64 Å². The predicted octanol–water partition coefficient (Wildman–Crippen LogP) is 4.73. The minimum Gasteiger partial charge on any atom is -0.404 e. The first kappa shape index (κ1) is 15.6. The molecule has 1 heterocycles. The molecule has 0 aliphatic carbocycles. The van der Waals surface area contributed by atoms with Gasteiger partial charge in [0.05, 0.1) is 11.4 Å². The number of hydrogen-bond acceptors (Lipinski definition) is 5. The quantitative estimate of drug-likeness (QED) is 0.839. The number of hydrogen-bond donors (Lipinski definition) is 1. The van der Waals surface area contributed by atoms with Crippen molar-refractivity contribution in [2.75, 3.05) is 5.32 Å². The molecule has 1 aromatic carbocycles. The zero-order valence-corrected chi connectivity index (χ0v) is 12.9. The smallest absolute Gasteiger partial charge is 0.404 e. The summed E-state index contributed by atoms with van der Waals surface area (Å²) in [5, 5.41) is 12.1. The standard InChI is InChI=1S/C12H7BrF3N3OS/c1-6-8(5-17)11(21-19-6)18-9-3-2-7(13)4-10(9)20-12(14,15)16/h2-4,18H,1H3. The van der Waals surface area contributed by atoms with Crippen molar-refractivity contribution in [1.82, 2.24) is 4.37 Å². The van der Waals surface area contributed by atoms with Crippen LogP contribution in [0.2, 0.25) is 0 Å². The van der Waals surface area contributed by atoms with Crippen molar-refractivity contribution in [3.05, 3.63) is 33.9 Å². The van der Waals surface area contributed by atoms with E-state index in [9.17, 15) is 13.2 Å². The van der Waals surface area contributed by atoms with Gasteiger partial charge in [0.25, 0.3) is 0 Å². The van der Waals surface area contributed by atoms with Crippen molar-refractivity contribution in [3.8, 4) is 11.8 Å². The van der Waals surface area contributed by atoms with Crippen LogP contribution in [0.3, 0.4) is 0 Å². The Balaban J connectivity index is 2.38. The number of benzene rings is 1. The van der Waals surface area contributed by atoms with Crippen LogP contribution < -0.4 is 10.1 Å². The number of aromatic nitrogens is 1. The number of nitrogens with one attached hydrogen (secondary N) is 1. The van der Waals surface area contributed by atoms with Crippen LogP contribution >= 0.6 is 27.5 Å². The Morgan fingerprint density at radius 3 is 2.76 bits per heavy atom. The summed E-state index contributed by atoms with van der Waals surface area (Å²) in [5.74, 6) is -0.396. The largest absolute Gasteiger partial charge is 0.573 e. The number of rotatable bonds is 3. The van der Waals surface area contributed by atoms with E-state index in [4.69, 9.17) is 5.26 Å². The fourth-order valence-electron chi connectivity index (χ4n) is 1.52. The first-order chi connectivity index (χ1) is 9.80. The highest BCUT2D eigenvalue weighted by molar-refractivity contribution is 9.10. The molecule has 1 N–H and O–H groups in total. The third-order valence-corrected chi connectivity index (χ3v) is 3.74. The minimum atomic E-state index is -4.81. The van der Waals surface area contributed by atoms with Crippen LogP contribution in [0.25, 0.3) is 0 Å². The first-order valence-electron chi connectivity index (χ1n) is 5.49. The summed E-state index contributed by atoms with van der Waals surface area (Å²) in [6, 6.07) is 6.13. The molecule has 2 rings (SSSR count). The van der Waals surface area contributed by atoms with Crippen molar-refractivity contribution in [2.45, 2.75) is 13.3 Å². The molecule has 0 atom stereocenters. The fraction of sp³-hybridized carbons (Fsp3) is 0.167. The lowest BCUT2D eigenvalue weighted by atomic mass is 10.2. The Kier molecular flexibility index (Phi) is 4.39. The Morgan fingerprint density at radius 1 is 1.43 bits per heavy atom. The van der Waals surface area contributed by atoms with Crippen LogP contribution in [-0.4, -0.2) is 10.7 Å². The molecular formula is C12H7BrF3N3OS. The highest BCUT2D eigenvalue weighted by Gasteiger charge is 2.32. The topological polar surface area (TPSA) is 57.9 Å². The molecule has 0 radical (unpaired) electrons. The highest BCUT2D eigenvalue weighted by atomic mass is 79.9. The maximum Gasteiger partial charge on any atom is 0.573 e. The molecule has 0 aliphatic rings. The van der Waals surface area contributed by atoms with E-state index in [2.05, 4.69) is 30.4 Å². The zero-order chi connectivity index (χ0) is 15.6. The van der Waals surface area contributed by atoms with Crippen molar-refractivity contribution in [2.24, 2.45) is 0 Å². The van der Waals surface area contributed by atoms with Crippen LogP contribution in [0.1, 0.15) is 11.3 Å². The number of ether oxygens (including phenoxy) is 1. The molecule has 0 spiro atoms. The molecular weight excluding hydrogens is 371 g/mol. The average molecular weight is 378 g/mol. The van der Waals surface area contributed by atoms with Gasteiger partial charge in [-0.05, 0) is 36.7 Å². The second kappa shape index (κ2) is 5.91. The summed E-state index contributed by atoms with van der Waals surface area (Å²) in [7, 11) is 0. The molecule has 0 unspecified atom stereocenters. The SMILES string of the molecule is Cc1nsc(Nc2ccc(Br)cc2OC(F)(F)F)c1C#N. The highest BCUT2D eigenvalue weighted by Crippen LogP contribution is 2.36. The number of nitrogens with zero attached hydrogens (tertiary/aromatic N) is 2. The van der Waals surface area contributed by atoms with Gasteiger partial charge in [-0.25, -0.2) is 0 Å². The van der Waals surface area contributed by atoms with Crippen LogP contribution in [0.4, 0.5) is 23.9 Å². The first-order valence-corrected chi connectivity index (χ1v) is 7.05. The predicted molar refractivity (Wildman–Crippen MR) is 75.7 cm³/mol. The van der Waals surface area contributed by atoms with E-state index in [1.807, 2.05) is 6.07 Å². The molecule has 0 saturated heterocycles. The molecule has 0 saturated carbocycles. The van der Waals surface area contributed by atoms with Crippen LogP contribution in [-0.2, 0) is 0 Å². The minimum absolute atomic E-state index is 0.0932. The van der Waals surface area contributed by atoms with E-state index in [0.29, 0.717) is 20.7 Å². The lowest BCUT2D eigenvalue weighted by molar-refractivity contribution is -0.274. The summed E-state index contributed by atoms with van der Waals surface area (Å²) in [6.45, 7) is 1.65. The van der Waals surface area contributed by atoms with E-state index < -0.39 is 12.1 Å². The average Bonchev–Trinajstić information content (AvgIpc) is 2.71. The maximum atomic E-state index is 12.4. The number of alkyl halides is 3. The number of nitriles is 1. The maximum absolute atomic E-state index is 12.4. The lowest BCUT2D eigenvalue weighted by Crippen LogP contribution is -2.17. The van der Waals surface area contributed by atoms with Crippen molar-refractivity contribution < 1.29 is 17.9 Å². The van der Waals surface area contributed by atoms with Gasteiger partial charge in [0.1, 0.15) is 16.6 Å². The summed E-state index contributed by atoms with van der Waals surface area (Å²) in [4.78, 5) is 0. The monoisotopic (exact) mass is 377 g/mol. The van der Waals surface area contributed by atoms with Crippen molar-refractivity contribution in [3.63, 3.8) is 0 Å². The van der Waals surface area contributed by atoms with Gasteiger partial charge < -0.3 is 10.1 Å². The van der Waals surface area contributed by atoms with E-state index in [1.165, 1.54) is 12.1 Å². The molecule has 1 aromatic heterocycles. The second-order valence-corrected chi connectivity index (χ2v) is 5.59. The fourth-order valence-corrected chi connectivity index (χ4v) is 2.62. The van der Waals surface area contributed by atoms with Crippen molar-refractivity contribution in [1.29, 1.82) is 5.26 Å². The lowest BCUT2D eigenvalue weighted by Gasteiger charge is -2.14. The second-order valence-electron chi connectivity index (χ2n) is 3.90. The Morgan fingerprint density at radius 2 is 2.14 bits per heavy atom. The Labute approximate surface area is 130 Å². The third-order valence-electron chi connectivity index (χ3n) is 2.39. The van der Waals surface area contributed by atoms with Gasteiger partial charge in [-0.3, -0.25) is 0 Å². The van der Waals surface area contributed by atoms with Gasteiger partial charge in [0.2, 0.25) is 0 Å². The third kappa shape index (κ3) is 3.86. The Bertz CT molecular complexity index is 709. The van der Waals surface area contributed by atoms with Gasteiger partial charge in [-0.1, -0.05) is 15.9 Å². The molecule has 4 nitrogen and oxygen atoms in total. The number of anilines is 2. The molecule has 0 aliphatic heterocycles. The van der Waals surface area contributed by atoms with E-state index in [-0.39, 0.29) is 5.69 Å². The summed E-state index contributed by atoms with van der Waals surface area (Å²) < 4.78 is 45.6. The summed E-state index contributed by atoms with van der Waals surface area (Å²) in [5.41, 5.74) is 0.900. The Hall–Kier alpha value is -1.79. The van der Waals surface area contributed by atoms with Gasteiger partial charge >= 0.3 is 6.36 Å². The zero-order valence-electron chi connectivity index (χ0n) is 10.5. The molecule has 0 bridgehead atoms.